The standard InChI is InChI=1S/C19H19N3O3S3/c1-12(17(23)22-14-7-8-28(24,25)10-14)27-19-16-15(13-5-3-2-4-6-13)9-26-18(16)20-11-21-19/h2-6,9,11-12,14H,7-8,10H2,1H3,(H,22,23). The number of carbonyl (C=O) groups is 1. The molecular weight excluding hydrogens is 414 g/mol. The number of nitrogens with zero attached hydrogens (tertiary/aromatic N) is 2. The van der Waals surface area contributed by atoms with Gasteiger partial charge in [0.2, 0.25) is 5.91 Å². The van der Waals surface area contributed by atoms with Crippen molar-refractivity contribution in [3.8, 4) is 11.1 Å². The summed E-state index contributed by atoms with van der Waals surface area (Å²) >= 11 is 2.92. The third kappa shape index (κ3) is 4.06. The number of hydrogen-bond donors (Lipinski definition) is 1. The summed E-state index contributed by atoms with van der Waals surface area (Å²) < 4.78 is 23.2. The number of carbonyl (C=O) groups excluding carboxylic acids is 1. The molecule has 1 N–H and O–H groups in total. The lowest BCUT2D eigenvalue weighted by atomic mass is 10.1. The van der Waals surface area contributed by atoms with Crippen LogP contribution in [0.1, 0.15) is 13.3 Å². The van der Waals surface area contributed by atoms with Gasteiger partial charge in [0.15, 0.2) is 9.84 Å². The van der Waals surface area contributed by atoms with Crippen molar-refractivity contribution in [3.63, 3.8) is 0 Å². The second-order valence-electron chi connectivity index (χ2n) is 6.74. The third-order valence-corrected chi connectivity index (χ3v) is 8.41. The molecule has 2 atom stereocenters. The highest BCUT2D eigenvalue weighted by Crippen LogP contribution is 2.38. The SMILES string of the molecule is CC(Sc1ncnc2scc(-c3ccccc3)c12)C(=O)NC1CCS(=O)(=O)C1. The van der Waals surface area contributed by atoms with Crippen LogP contribution in [0.4, 0.5) is 0 Å². The molecule has 0 saturated carbocycles. The first-order valence-corrected chi connectivity index (χ1v) is 12.5. The molecule has 2 aromatic heterocycles. The van der Waals surface area contributed by atoms with Crippen molar-refractivity contribution in [2.24, 2.45) is 0 Å². The molecule has 4 rings (SSSR count). The minimum Gasteiger partial charge on any atom is -0.351 e. The van der Waals surface area contributed by atoms with E-state index >= 15 is 0 Å². The van der Waals surface area contributed by atoms with E-state index in [4.69, 9.17) is 0 Å². The molecular formula is C19H19N3O3S3. The van der Waals surface area contributed by atoms with Crippen LogP contribution >= 0.6 is 23.1 Å². The first kappa shape index (κ1) is 19.4. The molecule has 1 aliphatic rings. The van der Waals surface area contributed by atoms with Gasteiger partial charge in [-0.1, -0.05) is 42.1 Å². The maximum absolute atomic E-state index is 12.6. The van der Waals surface area contributed by atoms with Crippen LogP contribution in [-0.2, 0) is 14.6 Å². The van der Waals surface area contributed by atoms with E-state index in [2.05, 4.69) is 20.7 Å². The predicted molar refractivity (Wildman–Crippen MR) is 113 cm³/mol. The number of sulfone groups is 1. The Bertz CT molecular complexity index is 1110. The molecule has 0 radical (unpaired) electrons. The van der Waals surface area contributed by atoms with Crippen molar-refractivity contribution in [2.75, 3.05) is 11.5 Å². The van der Waals surface area contributed by atoms with Gasteiger partial charge in [-0.15, -0.1) is 11.3 Å². The number of rotatable bonds is 5. The first-order chi connectivity index (χ1) is 13.4. The highest BCUT2D eigenvalue weighted by Gasteiger charge is 2.30. The summed E-state index contributed by atoms with van der Waals surface area (Å²) in [6, 6.07) is 9.73. The van der Waals surface area contributed by atoms with Gasteiger partial charge in [0, 0.05) is 17.0 Å². The van der Waals surface area contributed by atoms with Crippen molar-refractivity contribution in [2.45, 2.75) is 29.7 Å². The van der Waals surface area contributed by atoms with E-state index in [9.17, 15) is 13.2 Å². The summed E-state index contributed by atoms with van der Waals surface area (Å²) in [5.74, 6) is -0.00638. The maximum atomic E-state index is 12.6. The zero-order chi connectivity index (χ0) is 19.7. The second-order valence-corrected chi connectivity index (χ2v) is 11.2. The van der Waals surface area contributed by atoms with Gasteiger partial charge in [-0.2, -0.15) is 0 Å². The Morgan fingerprint density at radius 3 is 2.79 bits per heavy atom. The zero-order valence-electron chi connectivity index (χ0n) is 15.2. The van der Waals surface area contributed by atoms with Crippen molar-refractivity contribution in [3.05, 3.63) is 42.0 Å². The van der Waals surface area contributed by atoms with Crippen LogP contribution in [0.5, 0.6) is 0 Å². The van der Waals surface area contributed by atoms with E-state index in [0.717, 1.165) is 26.4 Å². The van der Waals surface area contributed by atoms with E-state index < -0.39 is 15.1 Å². The number of thiophene rings is 1. The van der Waals surface area contributed by atoms with E-state index in [1.54, 1.807) is 11.3 Å². The average molecular weight is 434 g/mol. The van der Waals surface area contributed by atoms with Gasteiger partial charge >= 0.3 is 0 Å². The zero-order valence-corrected chi connectivity index (χ0v) is 17.6. The van der Waals surface area contributed by atoms with Crippen LogP contribution in [-0.4, -0.2) is 47.1 Å². The molecule has 1 aliphatic heterocycles. The lowest BCUT2D eigenvalue weighted by Crippen LogP contribution is -2.39. The molecule has 1 fully saturated rings. The molecule has 2 unspecified atom stereocenters. The molecule has 1 amide bonds. The van der Waals surface area contributed by atoms with Gasteiger partial charge < -0.3 is 5.32 Å². The second kappa shape index (κ2) is 7.81. The summed E-state index contributed by atoms with van der Waals surface area (Å²) in [6.07, 6.45) is 2.00. The van der Waals surface area contributed by atoms with E-state index in [-0.39, 0.29) is 23.5 Å². The molecule has 1 aromatic carbocycles. The molecule has 3 heterocycles. The van der Waals surface area contributed by atoms with Crippen LogP contribution in [0.25, 0.3) is 21.3 Å². The highest BCUT2D eigenvalue weighted by atomic mass is 32.2. The summed E-state index contributed by atoms with van der Waals surface area (Å²) in [7, 11) is -3.02. The van der Waals surface area contributed by atoms with Gasteiger partial charge in [-0.05, 0) is 18.9 Å². The van der Waals surface area contributed by atoms with Gasteiger partial charge in [0.25, 0.3) is 0 Å². The molecule has 3 aromatic rings. The number of amides is 1. The monoisotopic (exact) mass is 433 g/mol. The van der Waals surface area contributed by atoms with Crippen LogP contribution in [0.2, 0.25) is 0 Å². The number of aromatic nitrogens is 2. The quantitative estimate of drug-likeness (QED) is 0.491. The highest BCUT2D eigenvalue weighted by molar-refractivity contribution is 8.00. The van der Waals surface area contributed by atoms with Crippen molar-refractivity contribution in [1.82, 2.24) is 15.3 Å². The lowest BCUT2D eigenvalue weighted by Gasteiger charge is -2.15. The fourth-order valence-corrected chi connectivity index (χ4v) is 6.81. The van der Waals surface area contributed by atoms with Gasteiger partial charge in [-0.3, -0.25) is 4.79 Å². The first-order valence-electron chi connectivity index (χ1n) is 8.88. The topological polar surface area (TPSA) is 89.0 Å². The van der Waals surface area contributed by atoms with Crippen molar-refractivity contribution in [1.29, 1.82) is 0 Å². The molecule has 28 heavy (non-hydrogen) atoms. The van der Waals surface area contributed by atoms with E-state index in [1.807, 2.05) is 37.3 Å². The Labute approximate surface area is 171 Å². The van der Waals surface area contributed by atoms with Crippen molar-refractivity contribution >= 4 is 49.1 Å². The molecule has 0 spiro atoms. The summed E-state index contributed by atoms with van der Waals surface area (Å²) in [6.45, 7) is 1.81. The number of fused-ring (bicyclic) bond motifs is 1. The van der Waals surface area contributed by atoms with Gasteiger partial charge in [0.05, 0.1) is 22.1 Å². The summed E-state index contributed by atoms with van der Waals surface area (Å²) in [4.78, 5) is 22.2. The van der Waals surface area contributed by atoms with Crippen LogP contribution in [0.3, 0.4) is 0 Å². The molecule has 0 aliphatic carbocycles. The Hall–Kier alpha value is -1.97. The normalized spacial score (nSPS) is 19.5. The number of benzene rings is 1. The fourth-order valence-electron chi connectivity index (χ4n) is 3.22. The summed E-state index contributed by atoms with van der Waals surface area (Å²) in [5.41, 5.74) is 2.14. The molecule has 0 bridgehead atoms. The van der Waals surface area contributed by atoms with Crippen molar-refractivity contribution < 1.29 is 13.2 Å². The third-order valence-electron chi connectivity index (χ3n) is 4.66. The van der Waals surface area contributed by atoms with Crippen LogP contribution in [0, 0.1) is 0 Å². The molecule has 146 valence electrons. The fraction of sp³-hybridized carbons (Fsp3) is 0.316. The predicted octanol–water partition coefficient (Wildman–Crippen LogP) is 3.14. The Morgan fingerprint density at radius 1 is 1.29 bits per heavy atom. The Morgan fingerprint density at radius 2 is 2.07 bits per heavy atom. The molecule has 1 saturated heterocycles. The van der Waals surface area contributed by atoms with Crippen LogP contribution in [0.15, 0.2) is 47.1 Å². The molecule has 9 heteroatoms. The van der Waals surface area contributed by atoms with E-state index in [1.165, 1.54) is 18.1 Å². The Kier molecular flexibility index (Phi) is 5.39. The minimum absolute atomic E-state index is 0.0244. The van der Waals surface area contributed by atoms with E-state index in [0.29, 0.717) is 6.42 Å². The number of thioether (sulfide) groups is 1. The molecule has 6 nitrogen and oxygen atoms in total. The van der Waals surface area contributed by atoms with Gasteiger partial charge in [-0.25, -0.2) is 18.4 Å². The van der Waals surface area contributed by atoms with Crippen LogP contribution < -0.4 is 5.32 Å². The van der Waals surface area contributed by atoms with Gasteiger partial charge in [0.1, 0.15) is 16.2 Å². The number of hydrogen-bond acceptors (Lipinski definition) is 7. The summed E-state index contributed by atoms with van der Waals surface area (Å²) in [5, 5.41) is 6.23. The average Bonchev–Trinajstić information content (AvgIpc) is 3.26. The lowest BCUT2D eigenvalue weighted by molar-refractivity contribution is -0.120. The Balaban J connectivity index is 1.56. The minimum atomic E-state index is -3.02. The largest absolute Gasteiger partial charge is 0.351 e. The maximum Gasteiger partial charge on any atom is 0.233 e. The number of nitrogens with one attached hydrogen (secondary N) is 1. The smallest absolute Gasteiger partial charge is 0.233 e.